The largest absolute Gasteiger partial charge is 0.490 e. The quantitative estimate of drug-likeness (QED) is 0.799. The smallest absolute Gasteiger partial charge is 0.255 e. The summed E-state index contributed by atoms with van der Waals surface area (Å²) >= 11 is 0. The van der Waals surface area contributed by atoms with Gasteiger partial charge in [0.1, 0.15) is 0 Å². The molecule has 0 fully saturated rings. The molecule has 0 saturated heterocycles. The average Bonchev–Trinajstić information content (AvgIpc) is 2.54. The van der Waals surface area contributed by atoms with Crippen LogP contribution in [0, 0.1) is 6.92 Å². The molecule has 5 nitrogen and oxygen atoms in total. The van der Waals surface area contributed by atoms with Gasteiger partial charge in [-0.05, 0) is 56.7 Å². The SMILES string of the molecule is CCOc1ccc(C(=O)Nc2cccc(N)c2C)cc1OCC. The van der Waals surface area contributed by atoms with Crippen molar-refractivity contribution in [3.63, 3.8) is 0 Å². The average molecular weight is 314 g/mol. The maximum Gasteiger partial charge on any atom is 0.255 e. The molecule has 23 heavy (non-hydrogen) atoms. The third-order valence-electron chi connectivity index (χ3n) is 3.43. The van der Waals surface area contributed by atoms with Crippen molar-refractivity contribution in [2.45, 2.75) is 20.8 Å². The molecule has 0 bridgehead atoms. The number of nitrogens with one attached hydrogen (secondary N) is 1. The van der Waals surface area contributed by atoms with Gasteiger partial charge in [-0.1, -0.05) is 6.07 Å². The van der Waals surface area contributed by atoms with E-state index in [1.165, 1.54) is 0 Å². The Morgan fingerprint density at radius 3 is 2.48 bits per heavy atom. The van der Waals surface area contributed by atoms with Crippen LogP contribution in [0.4, 0.5) is 11.4 Å². The van der Waals surface area contributed by atoms with Gasteiger partial charge in [-0.2, -0.15) is 0 Å². The second kappa shape index (κ2) is 7.54. The summed E-state index contributed by atoms with van der Waals surface area (Å²) in [5, 5.41) is 2.87. The zero-order valence-electron chi connectivity index (χ0n) is 13.7. The number of hydrogen-bond acceptors (Lipinski definition) is 4. The van der Waals surface area contributed by atoms with E-state index in [0.29, 0.717) is 41.7 Å². The molecule has 2 aromatic carbocycles. The number of rotatable bonds is 6. The minimum atomic E-state index is -0.220. The van der Waals surface area contributed by atoms with Crippen molar-refractivity contribution in [1.82, 2.24) is 0 Å². The highest BCUT2D eigenvalue weighted by molar-refractivity contribution is 6.05. The van der Waals surface area contributed by atoms with Gasteiger partial charge in [0.15, 0.2) is 11.5 Å². The standard InChI is InChI=1S/C18H22N2O3/c1-4-22-16-10-9-13(11-17(16)23-5-2)18(21)20-15-8-6-7-14(19)12(15)3/h6-11H,4-5,19H2,1-3H3,(H,20,21). The Bertz CT molecular complexity index is 699. The summed E-state index contributed by atoms with van der Waals surface area (Å²) in [5.74, 6) is 0.972. The fourth-order valence-corrected chi connectivity index (χ4v) is 2.18. The molecule has 5 heteroatoms. The van der Waals surface area contributed by atoms with E-state index >= 15 is 0 Å². The van der Waals surface area contributed by atoms with E-state index in [4.69, 9.17) is 15.2 Å². The Balaban J connectivity index is 2.25. The third kappa shape index (κ3) is 3.94. The van der Waals surface area contributed by atoms with Crippen molar-refractivity contribution in [1.29, 1.82) is 0 Å². The van der Waals surface area contributed by atoms with Crippen LogP contribution in [0.15, 0.2) is 36.4 Å². The van der Waals surface area contributed by atoms with Crippen LogP contribution in [0.3, 0.4) is 0 Å². The molecule has 0 spiro atoms. The number of nitrogen functional groups attached to an aromatic ring is 1. The minimum absolute atomic E-state index is 0.220. The highest BCUT2D eigenvalue weighted by Gasteiger charge is 2.13. The number of carbonyl (C=O) groups is 1. The zero-order chi connectivity index (χ0) is 16.8. The fraction of sp³-hybridized carbons (Fsp3) is 0.278. The van der Waals surface area contributed by atoms with Crippen molar-refractivity contribution in [2.24, 2.45) is 0 Å². The first-order valence-corrected chi connectivity index (χ1v) is 7.62. The van der Waals surface area contributed by atoms with Crippen LogP contribution >= 0.6 is 0 Å². The molecule has 2 aromatic rings. The molecular weight excluding hydrogens is 292 g/mol. The van der Waals surface area contributed by atoms with Gasteiger partial charge in [0.25, 0.3) is 5.91 Å². The Labute approximate surface area is 136 Å². The molecule has 0 atom stereocenters. The topological polar surface area (TPSA) is 73.6 Å². The summed E-state index contributed by atoms with van der Waals surface area (Å²) in [4.78, 5) is 12.5. The van der Waals surface area contributed by atoms with Gasteiger partial charge in [-0.3, -0.25) is 4.79 Å². The van der Waals surface area contributed by atoms with E-state index < -0.39 is 0 Å². The highest BCUT2D eigenvalue weighted by Crippen LogP contribution is 2.29. The number of amides is 1. The Morgan fingerprint density at radius 1 is 1.09 bits per heavy atom. The second-order valence-electron chi connectivity index (χ2n) is 5.00. The molecule has 3 N–H and O–H groups in total. The van der Waals surface area contributed by atoms with Crippen LogP contribution in [-0.2, 0) is 0 Å². The van der Waals surface area contributed by atoms with E-state index in [2.05, 4.69) is 5.32 Å². The fourth-order valence-electron chi connectivity index (χ4n) is 2.18. The minimum Gasteiger partial charge on any atom is -0.490 e. The van der Waals surface area contributed by atoms with Crippen LogP contribution < -0.4 is 20.5 Å². The van der Waals surface area contributed by atoms with Gasteiger partial charge in [0.05, 0.1) is 13.2 Å². The highest BCUT2D eigenvalue weighted by atomic mass is 16.5. The van der Waals surface area contributed by atoms with E-state index in [-0.39, 0.29) is 5.91 Å². The monoisotopic (exact) mass is 314 g/mol. The molecule has 0 unspecified atom stereocenters. The van der Waals surface area contributed by atoms with Crippen molar-refractivity contribution in [3.05, 3.63) is 47.5 Å². The third-order valence-corrected chi connectivity index (χ3v) is 3.43. The predicted molar refractivity (Wildman–Crippen MR) is 92.3 cm³/mol. The first-order valence-electron chi connectivity index (χ1n) is 7.62. The van der Waals surface area contributed by atoms with Gasteiger partial charge in [-0.25, -0.2) is 0 Å². The maximum atomic E-state index is 12.5. The predicted octanol–water partition coefficient (Wildman–Crippen LogP) is 3.63. The molecule has 2 rings (SSSR count). The number of ether oxygens (including phenoxy) is 2. The van der Waals surface area contributed by atoms with Crippen LogP contribution in [0.2, 0.25) is 0 Å². The lowest BCUT2D eigenvalue weighted by Crippen LogP contribution is -2.13. The molecule has 0 aliphatic carbocycles. The molecule has 122 valence electrons. The molecule has 1 amide bonds. The van der Waals surface area contributed by atoms with Gasteiger partial charge in [0, 0.05) is 16.9 Å². The molecule has 0 radical (unpaired) electrons. The lowest BCUT2D eigenvalue weighted by molar-refractivity contribution is 0.102. The Kier molecular flexibility index (Phi) is 5.46. The van der Waals surface area contributed by atoms with Crippen LogP contribution in [0.25, 0.3) is 0 Å². The summed E-state index contributed by atoms with van der Waals surface area (Å²) < 4.78 is 11.1. The van der Waals surface area contributed by atoms with Gasteiger partial charge in [-0.15, -0.1) is 0 Å². The molecule has 0 saturated carbocycles. The van der Waals surface area contributed by atoms with Crippen LogP contribution in [-0.4, -0.2) is 19.1 Å². The summed E-state index contributed by atoms with van der Waals surface area (Å²) in [6, 6.07) is 10.6. The van der Waals surface area contributed by atoms with Crippen LogP contribution in [0.1, 0.15) is 29.8 Å². The summed E-state index contributed by atoms with van der Waals surface area (Å²) in [5.41, 5.74) is 8.55. The summed E-state index contributed by atoms with van der Waals surface area (Å²) in [6.07, 6.45) is 0. The summed E-state index contributed by atoms with van der Waals surface area (Å²) in [7, 11) is 0. The Hall–Kier alpha value is -2.69. The van der Waals surface area contributed by atoms with E-state index in [1.54, 1.807) is 24.3 Å². The van der Waals surface area contributed by atoms with Crippen molar-refractivity contribution in [3.8, 4) is 11.5 Å². The van der Waals surface area contributed by atoms with E-state index in [1.807, 2.05) is 32.9 Å². The number of anilines is 2. The van der Waals surface area contributed by atoms with Gasteiger partial charge in [0.2, 0.25) is 0 Å². The maximum absolute atomic E-state index is 12.5. The number of nitrogens with two attached hydrogens (primary N) is 1. The summed E-state index contributed by atoms with van der Waals surface area (Å²) in [6.45, 7) is 6.69. The first kappa shape index (κ1) is 16.7. The van der Waals surface area contributed by atoms with Crippen molar-refractivity contribution >= 4 is 17.3 Å². The Morgan fingerprint density at radius 2 is 1.78 bits per heavy atom. The number of benzene rings is 2. The lowest BCUT2D eigenvalue weighted by Gasteiger charge is -2.13. The number of hydrogen-bond donors (Lipinski definition) is 2. The lowest BCUT2D eigenvalue weighted by atomic mass is 10.1. The van der Waals surface area contributed by atoms with Gasteiger partial charge >= 0.3 is 0 Å². The van der Waals surface area contributed by atoms with Crippen molar-refractivity contribution < 1.29 is 14.3 Å². The molecule has 0 aliphatic heterocycles. The molecular formula is C18H22N2O3. The van der Waals surface area contributed by atoms with Crippen molar-refractivity contribution in [2.75, 3.05) is 24.3 Å². The van der Waals surface area contributed by atoms with E-state index in [0.717, 1.165) is 5.56 Å². The number of carbonyl (C=O) groups excluding carboxylic acids is 1. The first-order chi connectivity index (χ1) is 11.1. The van der Waals surface area contributed by atoms with Gasteiger partial charge < -0.3 is 20.5 Å². The van der Waals surface area contributed by atoms with E-state index in [9.17, 15) is 4.79 Å². The normalized spacial score (nSPS) is 10.2. The second-order valence-corrected chi connectivity index (χ2v) is 5.00. The molecule has 0 aromatic heterocycles. The molecule has 0 aliphatic rings. The zero-order valence-corrected chi connectivity index (χ0v) is 13.7. The molecule has 0 heterocycles. The van der Waals surface area contributed by atoms with Crippen LogP contribution in [0.5, 0.6) is 11.5 Å².